The predicted molar refractivity (Wildman–Crippen MR) is 68.4 cm³/mol. The van der Waals surface area contributed by atoms with Gasteiger partial charge < -0.3 is 5.11 Å². The van der Waals surface area contributed by atoms with Crippen molar-refractivity contribution < 1.29 is 18.3 Å². The second kappa shape index (κ2) is 6.49. The number of carboxylic acids is 1. The van der Waals surface area contributed by atoms with Gasteiger partial charge in [0, 0.05) is 19.1 Å². The number of carboxylic acid groups (broad SMARTS) is 1. The van der Waals surface area contributed by atoms with E-state index < -0.39 is 22.1 Å². The molecule has 1 rings (SSSR count). The van der Waals surface area contributed by atoms with Crippen molar-refractivity contribution in [3.63, 3.8) is 0 Å². The number of aliphatic carboxylic acids is 1. The van der Waals surface area contributed by atoms with Crippen molar-refractivity contribution in [3.05, 3.63) is 0 Å². The smallest absolute Gasteiger partial charge is 0.306 e. The Hall–Kier alpha value is -0.660. The normalized spacial score (nSPS) is 25.3. The molecule has 0 spiro atoms. The molecule has 0 radical (unpaired) electrons. The van der Waals surface area contributed by atoms with Crippen molar-refractivity contribution in [2.45, 2.75) is 45.6 Å². The van der Waals surface area contributed by atoms with E-state index in [9.17, 15) is 13.2 Å². The Kier molecular flexibility index (Phi) is 5.55. The van der Waals surface area contributed by atoms with Gasteiger partial charge in [-0.2, -0.15) is 17.4 Å². The SMILES string of the molecule is CCN(CC)S(=O)(=O)NC1CCCC(C(=O)O)C1. The molecule has 2 unspecified atom stereocenters. The molecule has 7 heteroatoms. The summed E-state index contributed by atoms with van der Waals surface area (Å²) < 4.78 is 28.0. The number of hydrogen-bond donors (Lipinski definition) is 2. The first kappa shape index (κ1) is 15.4. The fraction of sp³-hybridized carbons (Fsp3) is 0.909. The van der Waals surface area contributed by atoms with Gasteiger partial charge in [0.1, 0.15) is 0 Å². The van der Waals surface area contributed by atoms with Crippen LogP contribution in [-0.2, 0) is 15.0 Å². The van der Waals surface area contributed by atoms with Gasteiger partial charge in [-0.25, -0.2) is 0 Å². The van der Waals surface area contributed by atoms with E-state index in [0.717, 1.165) is 6.42 Å². The summed E-state index contributed by atoms with van der Waals surface area (Å²) in [5.74, 6) is -1.26. The molecule has 2 atom stereocenters. The molecule has 0 aromatic heterocycles. The quantitative estimate of drug-likeness (QED) is 0.752. The highest BCUT2D eigenvalue weighted by atomic mass is 32.2. The highest BCUT2D eigenvalue weighted by molar-refractivity contribution is 7.87. The van der Waals surface area contributed by atoms with Gasteiger partial charge in [-0.15, -0.1) is 0 Å². The first-order valence-corrected chi connectivity index (χ1v) is 7.84. The lowest BCUT2D eigenvalue weighted by Crippen LogP contribution is -2.47. The fourth-order valence-electron chi connectivity index (χ4n) is 2.37. The van der Waals surface area contributed by atoms with Crippen LogP contribution >= 0.6 is 0 Å². The molecule has 2 N–H and O–H groups in total. The zero-order chi connectivity index (χ0) is 13.8. The van der Waals surface area contributed by atoms with Crippen molar-refractivity contribution in [2.75, 3.05) is 13.1 Å². The first-order valence-electron chi connectivity index (χ1n) is 6.40. The van der Waals surface area contributed by atoms with Crippen LogP contribution in [0.5, 0.6) is 0 Å². The van der Waals surface area contributed by atoms with E-state index in [-0.39, 0.29) is 6.04 Å². The topological polar surface area (TPSA) is 86.7 Å². The standard InChI is InChI=1S/C11H22N2O4S/c1-3-13(4-2)18(16,17)12-10-7-5-6-9(8-10)11(14)15/h9-10,12H,3-8H2,1-2H3,(H,14,15). The third kappa shape index (κ3) is 3.93. The molecule has 0 amide bonds. The Balaban J connectivity index is 2.64. The van der Waals surface area contributed by atoms with Crippen LogP contribution in [0.3, 0.4) is 0 Å². The van der Waals surface area contributed by atoms with Gasteiger partial charge in [0.25, 0.3) is 10.2 Å². The third-order valence-corrected chi connectivity index (χ3v) is 5.21. The van der Waals surface area contributed by atoms with Crippen molar-refractivity contribution >= 4 is 16.2 Å². The minimum absolute atomic E-state index is 0.259. The van der Waals surface area contributed by atoms with Gasteiger partial charge >= 0.3 is 5.97 Å². The summed E-state index contributed by atoms with van der Waals surface area (Å²) in [7, 11) is -3.48. The van der Waals surface area contributed by atoms with E-state index in [2.05, 4.69) is 4.72 Å². The van der Waals surface area contributed by atoms with Gasteiger partial charge in [0.15, 0.2) is 0 Å². The van der Waals surface area contributed by atoms with Crippen LogP contribution in [0.25, 0.3) is 0 Å². The number of hydrogen-bond acceptors (Lipinski definition) is 3. The molecule has 0 saturated heterocycles. The summed E-state index contributed by atoms with van der Waals surface area (Å²) in [6, 6.07) is -0.259. The van der Waals surface area contributed by atoms with Gasteiger partial charge in [0.05, 0.1) is 5.92 Å². The fourth-order valence-corrected chi connectivity index (χ4v) is 3.83. The van der Waals surface area contributed by atoms with Crippen LogP contribution in [0.2, 0.25) is 0 Å². The molecule has 0 heterocycles. The van der Waals surface area contributed by atoms with E-state index >= 15 is 0 Å². The lowest BCUT2D eigenvalue weighted by Gasteiger charge is -2.29. The lowest BCUT2D eigenvalue weighted by molar-refractivity contribution is -0.143. The highest BCUT2D eigenvalue weighted by Crippen LogP contribution is 2.25. The molecule has 1 saturated carbocycles. The highest BCUT2D eigenvalue weighted by Gasteiger charge is 2.30. The summed E-state index contributed by atoms with van der Waals surface area (Å²) in [6.45, 7) is 4.40. The van der Waals surface area contributed by atoms with E-state index in [1.54, 1.807) is 13.8 Å². The summed E-state index contributed by atoms with van der Waals surface area (Å²) in [5, 5.41) is 8.97. The van der Waals surface area contributed by atoms with Crippen LogP contribution in [0, 0.1) is 5.92 Å². The van der Waals surface area contributed by atoms with E-state index in [1.165, 1.54) is 4.31 Å². The Morgan fingerprint density at radius 3 is 2.44 bits per heavy atom. The molecular weight excluding hydrogens is 256 g/mol. The van der Waals surface area contributed by atoms with Crippen LogP contribution in [-0.4, -0.2) is 42.9 Å². The molecule has 1 aliphatic carbocycles. The molecule has 18 heavy (non-hydrogen) atoms. The molecule has 1 fully saturated rings. The van der Waals surface area contributed by atoms with Gasteiger partial charge in [-0.3, -0.25) is 4.79 Å². The number of nitrogens with zero attached hydrogens (tertiary/aromatic N) is 1. The Bertz CT molecular complexity index is 379. The van der Waals surface area contributed by atoms with Gasteiger partial charge in [-0.1, -0.05) is 20.3 Å². The number of carbonyl (C=O) groups is 1. The molecule has 0 bridgehead atoms. The molecule has 6 nitrogen and oxygen atoms in total. The summed E-state index contributed by atoms with van der Waals surface area (Å²) >= 11 is 0. The lowest BCUT2D eigenvalue weighted by atomic mass is 9.86. The summed E-state index contributed by atoms with van der Waals surface area (Å²) in [4.78, 5) is 10.9. The molecule has 1 aliphatic rings. The number of nitrogens with one attached hydrogen (secondary N) is 1. The maximum atomic E-state index is 12.0. The minimum Gasteiger partial charge on any atom is -0.481 e. The third-order valence-electron chi connectivity index (χ3n) is 3.38. The zero-order valence-electron chi connectivity index (χ0n) is 10.9. The molecular formula is C11H22N2O4S. The van der Waals surface area contributed by atoms with E-state index in [0.29, 0.717) is 32.4 Å². The van der Waals surface area contributed by atoms with Crippen LogP contribution < -0.4 is 4.72 Å². The monoisotopic (exact) mass is 278 g/mol. The Labute approximate surface area is 109 Å². The van der Waals surface area contributed by atoms with Crippen LogP contribution in [0.1, 0.15) is 39.5 Å². The second-order valence-electron chi connectivity index (χ2n) is 4.61. The van der Waals surface area contributed by atoms with Crippen LogP contribution in [0.15, 0.2) is 0 Å². The largest absolute Gasteiger partial charge is 0.481 e. The Morgan fingerprint density at radius 1 is 1.33 bits per heavy atom. The van der Waals surface area contributed by atoms with Crippen molar-refractivity contribution in [1.29, 1.82) is 0 Å². The predicted octanol–water partition coefficient (Wildman–Crippen LogP) is 0.806. The molecule has 106 valence electrons. The molecule has 0 aromatic carbocycles. The summed E-state index contributed by atoms with van der Waals surface area (Å²) in [5.41, 5.74) is 0. The van der Waals surface area contributed by atoms with E-state index in [1.807, 2.05) is 0 Å². The van der Waals surface area contributed by atoms with Crippen molar-refractivity contribution in [3.8, 4) is 0 Å². The molecule has 0 aliphatic heterocycles. The maximum absolute atomic E-state index is 12.0. The van der Waals surface area contributed by atoms with Crippen molar-refractivity contribution in [1.82, 2.24) is 9.03 Å². The average Bonchev–Trinajstić information content (AvgIpc) is 2.29. The summed E-state index contributed by atoms with van der Waals surface area (Å²) in [6.07, 6.45) is 2.49. The minimum atomic E-state index is -3.48. The zero-order valence-corrected chi connectivity index (χ0v) is 11.7. The van der Waals surface area contributed by atoms with Crippen LogP contribution in [0.4, 0.5) is 0 Å². The van der Waals surface area contributed by atoms with Gasteiger partial charge in [0.2, 0.25) is 0 Å². The average molecular weight is 278 g/mol. The van der Waals surface area contributed by atoms with Crippen molar-refractivity contribution in [2.24, 2.45) is 5.92 Å². The second-order valence-corrected chi connectivity index (χ2v) is 6.31. The van der Waals surface area contributed by atoms with Gasteiger partial charge in [-0.05, 0) is 19.3 Å². The maximum Gasteiger partial charge on any atom is 0.306 e. The first-order chi connectivity index (χ1) is 8.40. The number of rotatable bonds is 6. The molecule has 0 aromatic rings. The van der Waals surface area contributed by atoms with E-state index in [4.69, 9.17) is 5.11 Å². The Morgan fingerprint density at radius 2 is 1.94 bits per heavy atom.